The number of hydrogen-bond donors (Lipinski definition) is 0. The van der Waals surface area contributed by atoms with Crippen LogP contribution in [-0.2, 0) is 0 Å². The topological polar surface area (TPSA) is 9.23 Å². The predicted molar refractivity (Wildman–Crippen MR) is 68.8 cm³/mol. The Morgan fingerprint density at radius 1 is 1.33 bits per heavy atom. The van der Waals surface area contributed by atoms with E-state index in [1.165, 1.54) is 0 Å². The summed E-state index contributed by atoms with van der Waals surface area (Å²) >= 11 is 9.12. The second-order valence-corrected chi connectivity index (χ2v) is 4.88. The maximum Gasteiger partial charge on any atom is 0.133 e. The van der Waals surface area contributed by atoms with Crippen LogP contribution in [0, 0.1) is 5.92 Å². The smallest absolute Gasteiger partial charge is 0.133 e. The third-order valence-corrected chi connectivity index (χ3v) is 3.18. The molecule has 0 fully saturated rings. The van der Waals surface area contributed by atoms with Crippen LogP contribution in [0.25, 0.3) is 0 Å². The van der Waals surface area contributed by atoms with E-state index >= 15 is 0 Å². The summed E-state index contributed by atoms with van der Waals surface area (Å²) < 4.78 is 6.67. The van der Waals surface area contributed by atoms with Crippen LogP contribution in [0.1, 0.15) is 19.8 Å². The van der Waals surface area contributed by atoms with E-state index < -0.39 is 0 Å². The van der Waals surface area contributed by atoms with Gasteiger partial charge < -0.3 is 4.74 Å². The SMILES string of the molecule is CC(CCCl)CCOc1ccccc1Br. The Kier molecular flexibility index (Phi) is 6.11. The molecule has 3 heteroatoms. The van der Waals surface area contributed by atoms with Gasteiger partial charge in [0.15, 0.2) is 0 Å². The monoisotopic (exact) mass is 290 g/mol. The molecule has 0 aromatic heterocycles. The highest BCUT2D eigenvalue weighted by Gasteiger charge is 2.03. The number of rotatable bonds is 6. The third kappa shape index (κ3) is 4.89. The summed E-state index contributed by atoms with van der Waals surface area (Å²) in [6.07, 6.45) is 2.11. The fraction of sp³-hybridized carbons (Fsp3) is 0.500. The molecule has 0 aliphatic carbocycles. The van der Waals surface area contributed by atoms with Crippen molar-refractivity contribution in [3.8, 4) is 5.75 Å². The Morgan fingerprint density at radius 2 is 2.07 bits per heavy atom. The average Bonchev–Trinajstić information content (AvgIpc) is 2.21. The van der Waals surface area contributed by atoms with Gasteiger partial charge in [0.1, 0.15) is 5.75 Å². The molecule has 84 valence electrons. The van der Waals surface area contributed by atoms with Crippen molar-refractivity contribution in [2.45, 2.75) is 19.8 Å². The fourth-order valence-corrected chi connectivity index (χ4v) is 2.03. The Bertz CT molecular complexity index is 291. The molecule has 0 radical (unpaired) electrons. The molecule has 1 unspecified atom stereocenters. The van der Waals surface area contributed by atoms with E-state index in [0.717, 1.165) is 35.6 Å². The molecule has 0 saturated carbocycles. The first kappa shape index (κ1) is 12.9. The molecular formula is C12H16BrClO. The molecule has 0 amide bonds. The molecule has 0 N–H and O–H groups in total. The van der Waals surface area contributed by atoms with Crippen LogP contribution in [0.3, 0.4) is 0 Å². The van der Waals surface area contributed by atoms with E-state index in [1.54, 1.807) is 0 Å². The van der Waals surface area contributed by atoms with Gasteiger partial charge in [-0.05, 0) is 46.8 Å². The van der Waals surface area contributed by atoms with Crippen molar-refractivity contribution in [3.05, 3.63) is 28.7 Å². The van der Waals surface area contributed by atoms with E-state index in [-0.39, 0.29) is 0 Å². The number of halogens is 2. The summed E-state index contributed by atoms with van der Waals surface area (Å²) in [6.45, 7) is 2.95. The number of ether oxygens (including phenoxy) is 1. The molecule has 0 spiro atoms. The van der Waals surface area contributed by atoms with Crippen LogP contribution in [0.2, 0.25) is 0 Å². The van der Waals surface area contributed by atoms with Crippen molar-refractivity contribution in [2.75, 3.05) is 12.5 Å². The van der Waals surface area contributed by atoms with E-state index in [2.05, 4.69) is 22.9 Å². The van der Waals surface area contributed by atoms with Gasteiger partial charge in [-0.2, -0.15) is 0 Å². The molecule has 0 aliphatic heterocycles. The quantitative estimate of drug-likeness (QED) is 0.702. The van der Waals surface area contributed by atoms with Crippen LogP contribution in [0.4, 0.5) is 0 Å². The summed E-state index contributed by atoms with van der Waals surface area (Å²) in [5.41, 5.74) is 0. The number of para-hydroxylation sites is 1. The summed E-state index contributed by atoms with van der Waals surface area (Å²) in [5.74, 6) is 2.27. The molecule has 1 rings (SSSR count). The van der Waals surface area contributed by atoms with E-state index in [9.17, 15) is 0 Å². The molecular weight excluding hydrogens is 275 g/mol. The summed E-state index contributed by atoms with van der Waals surface area (Å²) in [6, 6.07) is 7.91. The van der Waals surface area contributed by atoms with Gasteiger partial charge in [-0.25, -0.2) is 0 Å². The molecule has 1 aromatic rings. The minimum absolute atomic E-state index is 0.630. The maximum atomic E-state index is 5.67. The minimum atomic E-state index is 0.630. The zero-order valence-corrected chi connectivity index (χ0v) is 11.2. The van der Waals surface area contributed by atoms with Crippen LogP contribution in [0.15, 0.2) is 28.7 Å². The lowest BCUT2D eigenvalue weighted by Gasteiger charge is -2.11. The highest BCUT2D eigenvalue weighted by atomic mass is 79.9. The first-order chi connectivity index (χ1) is 7.24. The lowest BCUT2D eigenvalue weighted by molar-refractivity contribution is 0.280. The zero-order chi connectivity index (χ0) is 11.1. The lowest BCUT2D eigenvalue weighted by Crippen LogP contribution is -2.04. The Hall–Kier alpha value is -0.210. The zero-order valence-electron chi connectivity index (χ0n) is 8.88. The van der Waals surface area contributed by atoms with Crippen molar-refractivity contribution in [1.29, 1.82) is 0 Å². The highest BCUT2D eigenvalue weighted by molar-refractivity contribution is 9.10. The minimum Gasteiger partial charge on any atom is -0.492 e. The van der Waals surface area contributed by atoms with E-state index in [0.29, 0.717) is 5.92 Å². The number of alkyl halides is 1. The summed E-state index contributed by atoms with van der Waals surface area (Å²) in [7, 11) is 0. The van der Waals surface area contributed by atoms with Gasteiger partial charge in [-0.3, -0.25) is 0 Å². The first-order valence-electron chi connectivity index (χ1n) is 5.17. The van der Waals surface area contributed by atoms with Crippen LogP contribution < -0.4 is 4.74 Å². The van der Waals surface area contributed by atoms with Crippen LogP contribution in [0.5, 0.6) is 5.75 Å². The highest BCUT2D eigenvalue weighted by Crippen LogP contribution is 2.24. The standard InChI is InChI=1S/C12H16BrClO/c1-10(6-8-14)7-9-15-12-5-3-2-4-11(12)13/h2-5,10H,6-9H2,1H3. The van der Waals surface area contributed by atoms with Crippen molar-refractivity contribution >= 4 is 27.5 Å². The van der Waals surface area contributed by atoms with Gasteiger partial charge >= 0.3 is 0 Å². The second-order valence-electron chi connectivity index (χ2n) is 3.65. The Labute approximate surface area is 105 Å². The largest absolute Gasteiger partial charge is 0.492 e. The summed E-state index contributed by atoms with van der Waals surface area (Å²) in [5, 5.41) is 0. The van der Waals surface area contributed by atoms with E-state index in [4.69, 9.17) is 16.3 Å². The lowest BCUT2D eigenvalue weighted by atomic mass is 10.1. The predicted octanol–water partition coefficient (Wildman–Crippen LogP) is 4.48. The van der Waals surface area contributed by atoms with Crippen LogP contribution in [-0.4, -0.2) is 12.5 Å². The van der Waals surface area contributed by atoms with Gasteiger partial charge in [0.2, 0.25) is 0 Å². The average molecular weight is 292 g/mol. The van der Waals surface area contributed by atoms with Crippen molar-refractivity contribution < 1.29 is 4.74 Å². The molecule has 0 heterocycles. The van der Waals surface area contributed by atoms with Crippen molar-refractivity contribution in [1.82, 2.24) is 0 Å². The van der Waals surface area contributed by atoms with E-state index in [1.807, 2.05) is 24.3 Å². The van der Waals surface area contributed by atoms with Crippen molar-refractivity contribution in [3.63, 3.8) is 0 Å². The van der Waals surface area contributed by atoms with Crippen LogP contribution >= 0.6 is 27.5 Å². The first-order valence-corrected chi connectivity index (χ1v) is 6.50. The van der Waals surface area contributed by atoms with Gasteiger partial charge in [-0.1, -0.05) is 19.1 Å². The van der Waals surface area contributed by atoms with Gasteiger partial charge in [0, 0.05) is 5.88 Å². The molecule has 1 nitrogen and oxygen atoms in total. The van der Waals surface area contributed by atoms with Gasteiger partial charge in [0.25, 0.3) is 0 Å². The maximum absolute atomic E-state index is 5.67. The fourth-order valence-electron chi connectivity index (χ4n) is 1.26. The van der Waals surface area contributed by atoms with Gasteiger partial charge in [0.05, 0.1) is 11.1 Å². The molecule has 0 aliphatic rings. The number of benzene rings is 1. The molecule has 15 heavy (non-hydrogen) atoms. The summed E-state index contributed by atoms with van der Waals surface area (Å²) in [4.78, 5) is 0. The second kappa shape index (κ2) is 7.13. The normalized spacial score (nSPS) is 12.5. The molecule has 1 aromatic carbocycles. The molecule has 0 bridgehead atoms. The molecule has 0 saturated heterocycles. The number of hydrogen-bond acceptors (Lipinski definition) is 1. The van der Waals surface area contributed by atoms with Crippen molar-refractivity contribution in [2.24, 2.45) is 5.92 Å². The van der Waals surface area contributed by atoms with Gasteiger partial charge in [-0.15, -0.1) is 11.6 Å². The Morgan fingerprint density at radius 3 is 2.73 bits per heavy atom. The third-order valence-electron chi connectivity index (χ3n) is 2.31. The Balaban J connectivity index is 2.29. The molecule has 1 atom stereocenters.